The van der Waals surface area contributed by atoms with Gasteiger partial charge in [-0.15, -0.1) is 13.2 Å². The predicted octanol–water partition coefficient (Wildman–Crippen LogP) is 3.84. The molecule has 5 nitrogen and oxygen atoms in total. The summed E-state index contributed by atoms with van der Waals surface area (Å²) in [5.41, 5.74) is 1.27. The van der Waals surface area contributed by atoms with E-state index < -0.39 is 12.5 Å². The van der Waals surface area contributed by atoms with Crippen LogP contribution in [0.25, 0.3) is 0 Å². The van der Waals surface area contributed by atoms with Gasteiger partial charge in [0.1, 0.15) is 24.2 Å². The second kappa shape index (κ2) is 8.87. The molecule has 0 aliphatic carbocycles. The highest BCUT2D eigenvalue weighted by Crippen LogP contribution is 2.29. The zero-order valence-electron chi connectivity index (χ0n) is 15.0. The van der Waals surface area contributed by atoms with E-state index in [-0.39, 0.29) is 34.9 Å². The monoisotopic (exact) mass is 426 g/mol. The molecule has 1 N–H and O–H groups in total. The molecule has 154 valence electrons. The predicted molar refractivity (Wildman–Crippen MR) is 99.7 cm³/mol. The Bertz CT molecular complexity index is 865. The number of thioether (sulfide) groups is 1. The topological polar surface area (TPSA) is 72.8 Å². The Kier molecular flexibility index (Phi) is 6.49. The Labute approximate surface area is 168 Å². The molecule has 1 saturated heterocycles. The van der Waals surface area contributed by atoms with Crippen LogP contribution < -0.4 is 9.47 Å². The number of ether oxygens (including phenoxy) is 2. The molecule has 1 aliphatic rings. The van der Waals surface area contributed by atoms with Crippen LogP contribution >= 0.6 is 11.8 Å². The van der Waals surface area contributed by atoms with Crippen molar-refractivity contribution in [1.82, 2.24) is 0 Å². The van der Waals surface area contributed by atoms with Crippen LogP contribution in [0.3, 0.4) is 0 Å². The lowest BCUT2D eigenvalue weighted by atomic mass is 10.1. The fraction of sp³-hybridized carbons (Fsp3) is 0.300. The van der Waals surface area contributed by atoms with E-state index in [1.165, 1.54) is 12.1 Å². The second-order valence-electron chi connectivity index (χ2n) is 6.41. The molecule has 2 aromatic rings. The average Bonchev–Trinajstić information content (AvgIpc) is 2.97. The van der Waals surface area contributed by atoms with Crippen LogP contribution in [0.4, 0.5) is 13.2 Å². The number of hydrogen-bond acceptors (Lipinski definition) is 6. The zero-order chi connectivity index (χ0) is 21.0. The normalized spacial score (nSPS) is 18.0. The van der Waals surface area contributed by atoms with E-state index in [1.807, 2.05) is 0 Å². The molecule has 0 amide bonds. The van der Waals surface area contributed by atoms with Crippen molar-refractivity contribution < 1.29 is 37.3 Å². The van der Waals surface area contributed by atoms with E-state index in [4.69, 9.17) is 4.74 Å². The Balaban J connectivity index is 1.50. The standard InChI is InChI=1S/C20H17F3O5S/c21-20(22,23)28-15-7-3-13(4-8-15)17(25)11-27-14-5-1-12(2-6-14)9-18-16(24)10-19(26)29-18/h1-8,17-18,25H,9-11H2/t17-,18?/m1/s1. The maximum atomic E-state index is 12.2. The van der Waals surface area contributed by atoms with Gasteiger partial charge in [0.15, 0.2) is 10.9 Å². The summed E-state index contributed by atoms with van der Waals surface area (Å²) in [6, 6.07) is 11.8. The maximum absolute atomic E-state index is 12.2. The number of aliphatic hydroxyl groups is 1. The summed E-state index contributed by atoms with van der Waals surface area (Å²) in [6.45, 7) is -0.0930. The molecular formula is C20H17F3O5S. The number of carbonyl (C=O) groups is 2. The Morgan fingerprint density at radius 1 is 1.03 bits per heavy atom. The third-order valence-corrected chi connectivity index (χ3v) is 5.32. The van der Waals surface area contributed by atoms with E-state index in [1.54, 1.807) is 24.3 Å². The van der Waals surface area contributed by atoms with Gasteiger partial charge in [-0.1, -0.05) is 36.0 Å². The third kappa shape index (κ3) is 6.23. The van der Waals surface area contributed by atoms with Gasteiger partial charge in [0.05, 0.1) is 11.7 Å². The van der Waals surface area contributed by atoms with Gasteiger partial charge in [0.25, 0.3) is 0 Å². The van der Waals surface area contributed by atoms with Crippen LogP contribution in [0.2, 0.25) is 0 Å². The molecule has 0 aromatic heterocycles. The number of aliphatic hydroxyl groups excluding tert-OH is 1. The van der Waals surface area contributed by atoms with E-state index in [2.05, 4.69) is 4.74 Å². The quantitative estimate of drug-likeness (QED) is 0.679. The molecule has 3 rings (SSSR count). The molecule has 1 heterocycles. The minimum atomic E-state index is -4.77. The first-order valence-electron chi connectivity index (χ1n) is 8.67. The number of carbonyl (C=O) groups excluding carboxylic acids is 2. The van der Waals surface area contributed by atoms with Gasteiger partial charge in [-0.25, -0.2) is 0 Å². The number of ketones is 1. The highest BCUT2D eigenvalue weighted by molar-refractivity contribution is 8.15. The van der Waals surface area contributed by atoms with Crippen LogP contribution in [0.5, 0.6) is 11.5 Å². The summed E-state index contributed by atoms with van der Waals surface area (Å²) >= 11 is 1.06. The minimum Gasteiger partial charge on any atom is -0.491 e. The first kappa shape index (κ1) is 21.2. The summed E-state index contributed by atoms with van der Waals surface area (Å²) in [7, 11) is 0. The molecule has 0 saturated carbocycles. The summed E-state index contributed by atoms with van der Waals surface area (Å²) in [4.78, 5) is 23.0. The molecule has 2 aromatic carbocycles. The van der Waals surface area contributed by atoms with Gasteiger partial charge in [0.2, 0.25) is 0 Å². The van der Waals surface area contributed by atoms with Gasteiger partial charge >= 0.3 is 6.36 Å². The second-order valence-corrected chi connectivity index (χ2v) is 7.67. The lowest BCUT2D eigenvalue weighted by Crippen LogP contribution is -2.17. The van der Waals surface area contributed by atoms with Crippen molar-refractivity contribution in [3.8, 4) is 11.5 Å². The number of Topliss-reactive ketones (excluding diaryl/α,β-unsaturated/α-hetero) is 1. The average molecular weight is 426 g/mol. The van der Waals surface area contributed by atoms with Crippen molar-refractivity contribution >= 4 is 22.7 Å². The van der Waals surface area contributed by atoms with Crippen LogP contribution in [0.15, 0.2) is 48.5 Å². The van der Waals surface area contributed by atoms with Crippen molar-refractivity contribution in [3.63, 3.8) is 0 Å². The minimum absolute atomic E-state index is 0.0161. The zero-order valence-corrected chi connectivity index (χ0v) is 15.8. The molecule has 1 fully saturated rings. The van der Waals surface area contributed by atoms with Gasteiger partial charge < -0.3 is 14.6 Å². The van der Waals surface area contributed by atoms with Crippen molar-refractivity contribution in [2.75, 3.05) is 6.61 Å². The largest absolute Gasteiger partial charge is 0.573 e. The summed E-state index contributed by atoms with van der Waals surface area (Å²) in [6.07, 6.45) is -5.36. The van der Waals surface area contributed by atoms with Gasteiger partial charge in [-0.3, -0.25) is 9.59 Å². The van der Waals surface area contributed by atoms with Crippen molar-refractivity contribution in [3.05, 3.63) is 59.7 Å². The number of halogens is 3. The lowest BCUT2D eigenvalue weighted by Gasteiger charge is -2.14. The molecule has 0 bridgehead atoms. The van der Waals surface area contributed by atoms with Crippen LogP contribution in [0.1, 0.15) is 23.7 Å². The molecular weight excluding hydrogens is 409 g/mol. The molecule has 1 aliphatic heterocycles. The summed E-state index contributed by atoms with van der Waals surface area (Å²) in [5.74, 6) is 0.0620. The molecule has 0 radical (unpaired) electrons. The van der Waals surface area contributed by atoms with Crippen molar-refractivity contribution in [1.29, 1.82) is 0 Å². The van der Waals surface area contributed by atoms with Crippen LogP contribution in [-0.2, 0) is 16.0 Å². The fourth-order valence-electron chi connectivity index (χ4n) is 2.78. The van der Waals surface area contributed by atoms with Crippen LogP contribution in [-0.4, -0.2) is 34.2 Å². The first-order chi connectivity index (χ1) is 13.7. The van der Waals surface area contributed by atoms with Crippen LogP contribution in [0, 0.1) is 0 Å². The fourth-order valence-corrected chi connectivity index (χ4v) is 3.81. The first-order valence-corrected chi connectivity index (χ1v) is 9.55. The van der Waals surface area contributed by atoms with Gasteiger partial charge in [0, 0.05) is 0 Å². The number of hydrogen-bond donors (Lipinski definition) is 1. The highest BCUT2D eigenvalue weighted by Gasteiger charge is 2.32. The van der Waals surface area contributed by atoms with Gasteiger partial charge in [-0.2, -0.15) is 0 Å². The molecule has 2 atom stereocenters. The summed E-state index contributed by atoms with van der Waals surface area (Å²) < 4.78 is 45.8. The Morgan fingerprint density at radius 3 is 2.21 bits per heavy atom. The van der Waals surface area contributed by atoms with E-state index in [0.29, 0.717) is 17.7 Å². The smallest absolute Gasteiger partial charge is 0.491 e. The van der Waals surface area contributed by atoms with E-state index in [0.717, 1.165) is 29.5 Å². The number of alkyl halides is 3. The highest BCUT2D eigenvalue weighted by atomic mass is 32.2. The molecule has 9 heteroatoms. The molecule has 0 spiro atoms. The third-order valence-electron chi connectivity index (χ3n) is 4.20. The van der Waals surface area contributed by atoms with E-state index in [9.17, 15) is 27.9 Å². The Morgan fingerprint density at radius 2 is 1.66 bits per heavy atom. The lowest BCUT2D eigenvalue weighted by molar-refractivity contribution is -0.274. The van der Waals surface area contributed by atoms with E-state index >= 15 is 0 Å². The van der Waals surface area contributed by atoms with Crippen molar-refractivity contribution in [2.24, 2.45) is 0 Å². The van der Waals surface area contributed by atoms with Gasteiger partial charge in [-0.05, 0) is 41.8 Å². The SMILES string of the molecule is O=C1CC(=O)C(Cc2ccc(OC[C@@H](O)c3ccc(OC(F)(F)F)cc3)cc2)S1. The Hall–Kier alpha value is -2.52. The molecule has 29 heavy (non-hydrogen) atoms. The maximum Gasteiger partial charge on any atom is 0.573 e. The number of benzene rings is 2. The van der Waals surface area contributed by atoms with Crippen molar-refractivity contribution in [2.45, 2.75) is 30.6 Å². The molecule has 1 unspecified atom stereocenters. The number of rotatable bonds is 7. The summed E-state index contributed by atoms with van der Waals surface area (Å²) in [5, 5.41) is 9.69.